The highest BCUT2D eigenvalue weighted by Crippen LogP contribution is 2.27. The molecular weight excluding hydrogens is 465 g/mol. The van der Waals surface area contributed by atoms with Crippen LogP contribution in [0.15, 0.2) is 76.3 Å². The molecule has 1 heterocycles. The van der Waals surface area contributed by atoms with Crippen LogP contribution in [-0.2, 0) is 17.9 Å². The van der Waals surface area contributed by atoms with E-state index in [1.54, 1.807) is 66.7 Å². The third-order valence-corrected chi connectivity index (χ3v) is 5.61. The first-order valence-electron chi connectivity index (χ1n) is 9.97. The lowest BCUT2D eigenvalue weighted by Crippen LogP contribution is -2.42. The number of nitrogens with one attached hydrogen (secondary N) is 1. The van der Waals surface area contributed by atoms with E-state index >= 15 is 0 Å². The van der Waals surface area contributed by atoms with E-state index in [1.807, 2.05) is 0 Å². The first-order chi connectivity index (χ1) is 15.9. The van der Waals surface area contributed by atoms with Crippen molar-refractivity contribution >= 4 is 45.7 Å². The van der Waals surface area contributed by atoms with Gasteiger partial charge in [-0.3, -0.25) is 18.7 Å². The van der Waals surface area contributed by atoms with Gasteiger partial charge in [0.25, 0.3) is 5.56 Å². The summed E-state index contributed by atoms with van der Waals surface area (Å²) in [4.78, 5) is 39.3. The molecule has 7 nitrogen and oxygen atoms in total. The number of hydrogen-bond acceptors (Lipinski definition) is 4. The van der Waals surface area contributed by atoms with Crippen LogP contribution < -0.4 is 21.3 Å². The molecule has 3 aromatic carbocycles. The molecule has 0 atom stereocenters. The minimum atomic E-state index is -0.596. The van der Waals surface area contributed by atoms with Gasteiger partial charge in [-0.05, 0) is 48.0 Å². The summed E-state index contributed by atoms with van der Waals surface area (Å²) >= 11 is 12.0. The molecule has 168 valence electrons. The Morgan fingerprint density at radius 2 is 1.64 bits per heavy atom. The van der Waals surface area contributed by atoms with Gasteiger partial charge in [-0.2, -0.15) is 0 Å². The molecule has 0 unspecified atom stereocenters. The Hall–Kier alpha value is -3.55. The van der Waals surface area contributed by atoms with Crippen LogP contribution in [0.2, 0.25) is 10.0 Å². The van der Waals surface area contributed by atoms with Crippen molar-refractivity contribution in [2.75, 3.05) is 12.4 Å². The van der Waals surface area contributed by atoms with Crippen molar-refractivity contribution < 1.29 is 9.53 Å². The second-order valence-corrected chi connectivity index (χ2v) is 8.17. The topological polar surface area (TPSA) is 82.3 Å². The SMILES string of the molecule is COc1ccc(Cl)cc1NC(=O)Cn1c(=O)n(Cc2ccc(Cl)cc2)c(=O)c2ccccc21. The quantitative estimate of drug-likeness (QED) is 0.446. The number of carbonyl (C=O) groups excluding carboxylic acids is 1. The van der Waals surface area contributed by atoms with Gasteiger partial charge in [-0.1, -0.05) is 47.5 Å². The highest BCUT2D eigenvalue weighted by Gasteiger charge is 2.16. The molecule has 1 aromatic heterocycles. The summed E-state index contributed by atoms with van der Waals surface area (Å²) in [6.07, 6.45) is 0. The van der Waals surface area contributed by atoms with Crippen LogP contribution in [0.5, 0.6) is 5.75 Å². The summed E-state index contributed by atoms with van der Waals surface area (Å²) in [6.45, 7) is -0.265. The summed E-state index contributed by atoms with van der Waals surface area (Å²) < 4.78 is 7.65. The molecule has 0 saturated heterocycles. The lowest BCUT2D eigenvalue weighted by molar-refractivity contribution is -0.116. The zero-order valence-electron chi connectivity index (χ0n) is 17.5. The van der Waals surface area contributed by atoms with Gasteiger partial charge < -0.3 is 10.1 Å². The van der Waals surface area contributed by atoms with E-state index < -0.39 is 17.2 Å². The van der Waals surface area contributed by atoms with Crippen LogP contribution in [0.3, 0.4) is 0 Å². The summed E-state index contributed by atoms with van der Waals surface area (Å²) in [5, 5.41) is 4.03. The second-order valence-electron chi connectivity index (χ2n) is 7.30. The van der Waals surface area contributed by atoms with Gasteiger partial charge in [0.1, 0.15) is 12.3 Å². The molecule has 0 aliphatic heterocycles. The number of fused-ring (bicyclic) bond motifs is 1. The number of halogens is 2. The molecule has 0 spiro atoms. The van der Waals surface area contributed by atoms with E-state index in [0.717, 1.165) is 10.1 Å². The van der Waals surface area contributed by atoms with Gasteiger partial charge in [0.05, 0.1) is 30.2 Å². The first kappa shape index (κ1) is 22.6. The molecule has 0 fully saturated rings. The fourth-order valence-corrected chi connectivity index (χ4v) is 3.84. The Morgan fingerprint density at radius 1 is 0.939 bits per heavy atom. The van der Waals surface area contributed by atoms with Gasteiger partial charge in [0.15, 0.2) is 0 Å². The minimum Gasteiger partial charge on any atom is -0.495 e. The number of rotatable bonds is 6. The maximum absolute atomic E-state index is 13.3. The Labute approximate surface area is 198 Å². The van der Waals surface area contributed by atoms with E-state index in [-0.39, 0.29) is 13.1 Å². The summed E-state index contributed by atoms with van der Waals surface area (Å²) in [6, 6.07) is 18.4. The third kappa shape index (κ3) is 4.79. The molecule has 9 heteroatoms. The summed E-state index contributed by atoms with van der Waals surface area (Å²) in [7, 11) is 1.48. The van der Waals surface area contributed by atoms with Crippen molar-refractivity contribution in [2.24, 2.45) is 0 Å². The second kappa shape index (κ2) is 9.52. The van der Waals surface area contributed by atoms with E-state index in [2.05, 4.69) is 5.32 Å². The van der Waals surface area contributed by atoms with E-state index in [9.17, 15) is 14.4 Å². The maximum Gasteiger partial charge on any atom is 0.332 e. The highest BCUT2D eigenvalue weighted by atomic mass is 35.5. The standard InChI is InChI=1S/C24H19Cl2N3O4/c1-33-21-11-10-17(26)12-19(21)27-22(30)14-28-20-5-3-2-4-18(20)23(31)29(24(28)32)13-15-6-8-16(25)9-7-15/h2-12H,13-14H2,1H3,(H,27,30). The van der Waals surface area contributed by atoms with Crippen LogP contribution >= 0.6 is 23.2 Å². The lowest BCUT2D eigenvalue weighted by atomic mass is 10.2. The Balaban J connectivity index is 1.75. The van der Waals surface area contributed by atoms with Gasteiger partial charge in [0, 0.05) is 10.0 Å². The molecule has 0 bridgehead atoms. The fourth-order valence-electron chi connectivity index (χ4n) is 3.55. The van der Waals surface area contributed by atoms with Gasteiger partial charge in [-0.15, -0.1) is 0 Å². The number of para-hydroxylation sites is 1. The molecule has 4 aromatic rings. The van der Waals surface area contributed by atoms with E-state index in [1.165, 1.54) is 11.7 Å². The van der Waals surface area contributed by atoms with Crippen LogP contribution in [0.25, 0.3) is 10.9 Å². The average Bonchev–Trinajstić information content (AvgIpc) is 2.81. The monoisotopic (exact) mass is 483 g/mol. The molecule has 1 N–H and O–H groups in total. The molecule has 0 aliphatic rings. The molecule has 0 aliphatic carbocycles. The molecule has 4 rings (SSSR count). The predicted octanol–water partition coefficient (Wildman–Crippen LogP) is 4.17. The first-order valence-corrected chi connectivity index (χ1v) is 10.7. The van der Waals surface area contributed by atoms with Crippen molar-refractivity contribution in [1.29, 1.82) is 0 Å². The van der Waals surface area contributed by atoms with Gasteiger partial charge in [0.2, 0.25) is 5.91 Å². The third-order valence-electron chi connectivity index (χ3n) is 5.12. The zero-order chi connectivity index (χ0) is 23.5. The predicted molar refractivity (Wildman–Crippen MR) is 130 cm³/mol. The van der Waals surface area contributed by atoms with Crippen LogP contribution in [0.1, 0.15) is 5.56 Å². The van der Waals surface area contributed by atoms with E-state index in [4.69, 9.17) is 27.9 Å². The lowest BCUT2D eigenvalue weighted by Gasteiger charge is -2.15. The smallest absolute Gasteiger partial charge is 0.332 e. The normalized spacial score (nSPS) is 10.9. The molecular formula is C24H19Cl2N3O4. The Morgan fingerprint density at radius 3 is 2.36 bits per heavy atom. The van der Waals surface area contributed by atoms with Gasteiger partial charge in [-0.25, -0.2) is 4.79 Å². The van der Waals surface area contributed by atoms with Crippen molar-refractivity contribution in [2.45, 2.75) is 13.1 Å². The van der Waals surface area contributed by atoms with Crippen molar-refractivity contribution in [3.8, 4) is 5.75 Å². The number of ether oxygens (including phenoxy) is 1. The fraction of sp³-hybridized carbons (Fsp3) is 0.125. The zero-order valence-corrected chi connectivity index (χ0v) is 19.1. The summed E-state index contributed by atoms with van der Waals surface area (Å²) in [5.41, 5.74) is 0.448. The molecule has 33 heavy (non-hydrogen) atoms. The number of hydrogen-bond donors (Lipinski definition) is 1. The number of methoxy groups -OCH3 is 1. The van der Waals surface area contributed by atoms with Crippen molar-refractivity contribution in [1.82, 2.24) is 9.13 Å². The van der Waals surface area contributed by atoms with Crippen LogP contribution in [0.4, 0.5) is 5.69 Å². The number of carbonyl (C=O) groups is 1. The number of aromatic nitrogens is 2. The van der Waals surface area contributed by atoms with Crippen LogP contribution in [0, 0.1) is 0 Å². The molecule has 0 saturated carbocycles. The summed E-state index contributed by atoms with van der Waals surface area (Å²) in [5.74, 6) is -0.0443. The van der Waals surface area contributed by atoms with Crippen molar-refractivity contribution in [3.63, 3.8) is 0 Å². The number of benzene rings is 3. The highest BCUT2D eigenvalue weighted by molar-refractivity contribution is 6.31. The number of nitrogens with zero attached hydrogens (tertiary/aromatic N) is 2. The number of anilines is 1. The van der Waals surface area contributed by atoms with Crippen LogP contribution in [-0.4, -0.2) is 22.2 Å². The van der Waals surface area contributed by atoms with Crippen molar-refractivity contribution in [3.05, 3.63) is 103 Å². The van der Waals surface area contributed by atoms with Gasteiger partial charge >= 0.3 is 5.69 Å². The van der Waals surface area contributed by atoms with E-state index in [0.29, 0.717) is 32.4 Å². The minimum absolute atomic E-state index is 0.0450. The maximum atomic E-state index is 13.3. The number of amides is 1. The average molecular weight is 484 g/mol. The Bertz CT molecular complexity index is 1460. The largest absolute Gasteiger partial charge is 0.495 e. The Kier molecular flexibility index (Phi) is 6.53. The molecule has 0 radical (unpaired) electrons. The molecule has 1 amide bonds.